The van der Waals surface area contributed by atoms with Crippen molar-refractivity contribution in [2.45, 2.75) is 18.9 Å². The smallest absolute Gasteiger partial charge is 0.225 e. The van der Waals surface area contributed by atoms with Gasteiger partial charge in [0, 0.05) is 6.42 Å². The Bertz CT molecular complexity index is 593. The van der Waals surface area contributed by atoms with E-state index in [9.17, 15) is 14.7 Å². The summed E-state index contributed by atoms with van der Waals surface area (Å²) >= 11 is 0. The van der Waals surface area contributed by atoms with Crippen molar-refractivity contribution in [3.63, 3.8) is 0 Å². The van der Waals surface area contributed by atoms with E-state index in [2.05, 4.69) is 5.32 Å². The van der Waals surface area contributed by atoms with Crippen LogP contribution in [-0.4, -0.2) is 23.3 Å². The van der Waals surface area contributed by atoms with E-state index in [1.54, 1.807) is 12.1 Å². The zero-order valence-corrected chi connectivity index (χ0v) is 11.5. The lowest BCUT2D eigenvalue weighted by atomic mass is 10.1. The lowest BCUT2D eigenvalue weighted by Crippen LogP contribution is -2.38. The molecule has 2 aromatic rings. The molecule has 0 saturated carbocycles. The predicted octanol–water partition coefficient (Wildman–Crippen LogP) is 1.77. The number of nitrogens with one attached hydrogen (secondary N) is 1. The highest BCUT2D eigenvalue weighted by Crippen LogP contribution is 2.10. The van der Waals surface area contributed by atoms with E-state index >= 15 is 0 Å². The van der Waals surface area contributed by atoms with Crippen molar-refractivity contribution < 1.29 is 14.7 Å². The van der Waals surface area contributed by atoms with Crippen molar-refractivity contribution in [1.29, 1.82) is 0 Å². The first-order valence-corrected chi connectivity index (χ1v) is 6.66. The molecule has 2 rings (SSSR count). The van der Waals surface area contributed by atoms with Crippen LogP contribution in [0.5, 0.6) is 5.75 Å². The first-order chi connectivity index (χ1) is 10.2. The maximum absolute atomic E-state index is 11.9. The van der Waals surface area contributed by atoms with E-state index in [-0.39, 0.29) is 18.1 Å². The lowest BCUT2D eigenvalue weighted by molar-refractivity contribution is -0.120. The van der Waals surface area contributed by atoms with Gasteiger partial charge in [-0.05, 0) is 23.3 Å². The van der Waals surface area contributed by atoms with Gasteiger partial charge in [-0.3, -0.25) is 9.59 Å². The number of carbonyl (C=O) groups is 1. The quantitative estimate of drug-likeness (QED) is 0.848. The third kappa shape index (κ3) is 4.76. The third-order valence-corrected chi connectivity index (χ3v) is 3.06. The van der Waals surface area contributed by atoms with E-state index in [0.717, 1.165) is 11.1 Å². The highest BCUT2D eigenvalue weighted by Gasteiger charge is 2.13. The highest BCUT2D eigenvalue weighted by atomic mass is 16.3. The number of hydrogen-bond acceptors (Lipinski definition) is 3. The minimum atomic E-state index is -0.656. The van der Waals surface area contributed by atoms with Crippen LogP contribution in [0, 0.1) is 0 Å². The number of phenols is 1. The molecule has 0 fully saturated rings. The van der Waals surface area contributed by atoms with E-state index < -0.39 is 6.04 Å². The van der Waals surface area contributed by atoms with E-state index in [4.69, 9.17) is 0 Å². The molecule has 4 heteroatoms. The van der Waals surface area contributed by atoms with Crippen LogP contribution >= 0.6 is 0 Å². The van der Waals surface area contributed by atoms with Crippen LogP contribution < -0.4 is 5.32 Å². The molecule has 0 bridgehead atoms. The lowest BCUT2D eigenvalue weighted by Gasteiger charge is -2.12. The normalized spacial score (nSPS) is 11.6. The number of phenolic OH excluding ortho intramolecular Hbond substituents is 1. The number of hydrogen-bond donors (Lipinski definition) is 2. The van der Waals surface area contributed by atoms with Gasteiger partial charge in [0.2, 0.25) is 12.2 Å². The second-order valence-electron chi connectivity index (χ2n) is 4.77. The largest absolute Gasteiger partial charge is 0.508 e. The minimum Gasteiger partial charge on any atom is -0.508 e. The van der Waals surface area contributed by atoms with Crippen molar-refractivity contribution in [3.8, 4) is 5.75 Å². The maximum Gasteiger partial charge on any atom is 0.225 e. The summed E-state index contributed by atoms with van der Waals surface area (Å²) in [7, 11) is 0. The van der Waals surface area contributed by atoms with Crippen LogP contribution in [0.2, 0.25) is 0 Å². The third-order valence-electron chi connectivity index (χ3n) is 3.06. The van der Waals surface area contributed by atoms with Gasteiger partial charge in [0.15, 0.2) is 0 Å². The zero-order valence-electron chi connectivity index (χ0n) is 11.5. The van der Waals surface area contributed by atoms with Crippen molar-refractivity contribution in [2.75, 3.05) is 0 Å². The number of rotatable bonds is 6. The Kier molecular flexibility index (Phi) is 5.10. The standard InChI is InChI=1S/C17H16NO3/c19-12-15(10-13-4-2-1-3-5-13)18-17(21)11-14-6-8-16(20)9-7-14/h1-9,15,20H,10-11H2,(H,18,21)/t15-/m0/s1. The van der Waals surface area contributed by atoms with Crippen LogP contribution in [-0.2, 0) is 22.4 Å². The van der Waals surface area contributed by atoms with Crippen LogP contribution in [0.4, 0.5) is 0 Å². The molecular weight excluding hydrogens is 266 g/mol. The average Bonchev–Trinajstić information content (AvgIpc) is 2.50. The predicted molar refractivity (Wildman–Crippen MR) is 79.6 cm³/mol. The van der Waals surface area contributed by atoms with Gasteiger partial charge < -0.3 is 10.4 Å². The monoisotopic (exact) mass is 282 g/mol. The fourth-order valence-electron chi connectivity index (χ4n) is 2.02. The molecule has 0 spiro atoms. The number of carbonyl (C=O) groups excluding carboxylic acids is 2. The van der Waals surface area contributed by atoms with E-state index in [0.29, 0.717) is 6.42 Å². The summed E-state index contributed by atoms with van der Waals surface area (Å²) < 4.78 is 0. The Hall–Kier alpha value is -2.62. The van der Waals surface area contributed by atoms with Gasteiger partial charge >= 0.3 is 0 Å². The summed E-state index contributed by atoms with van der Waals surface area (Å²) in [5, 5.41) is 11.8. The molecule has 107 valence electrons. The summed E-state index contributed by atoms with van der Waals surface area (Å²) in [4.78, 5) is 22.9. The number of amides is 1. The summed E-state index contributed by atoms with van der Waals surface area (Å²) in [6, 6.07) is 15.2. The molecule has 1 radical (unpaired) electrons. The molecule has 0 aliphatic rings. The van der Waals surface area contributed by atoms with Gasteiger partial charge in [-0.25, -0.2) is 0 Å². The molecule has 0 heterocycles. The molecule has 0 aliphatic carbocycles. The van der Waals surface area contributed by atoms with Gasteiger partial charge in [0.25, 0.3) is 0 Å². The summed E-state index contributed by atoms with van der Waals surface area (Å²) in [5.41, 5.74) is 1.74. The number of aromatic hydroxyl groups is 1. The van der Waals surface area contributed by atoms with Gasteiger partial charge in [-0.15, -0.1) is 0 Å². The molecule has 0 aliphatic heterocycles. The molecule has 2 aromatic carbocycles. The van der Waals surface area contributed by atoms with Crippen LogP contribution in [0.1, 0.15) is 11.1 Å². The first kappa shape index (κ1) is 14.8. The second-order valence-corrected chi connectivity index (χ2v) is 4.77. The second kappa shape index (κ2) is 7.24. The molecule has 4 nitrogen and oxygen atoms in total. The Labute approximate surface area is 123 Å². The SMILES string of the molecule is O=[C][C@H](Cc1ccccc1)NC(=O)Cc1ccc(O)cc1. The molecule has 0 unspecified atom stereocenters. The summed E-state index contributed by atoms with van der Waals surface area (Å²) in [5.74, 6) is -0.0905. The zero-order chi connectivity index (χ0) is 15.1. The van der Waals surface area contributed by atoms with Gasteiger partial charge in [-0.2, -0.15) is 0 Å². The van der Waals surface area contributed by atoms with E-state index in [1.807, 2.05) is 36.6 Å². The topological polar surface area (TPSA) is 66.4 Å². The van der Waals surface area contributed by atoms with Crippen molar-refractivity contribution in [1.82, 2.24) is 5.32 Å². The Morgan fingerprint density at radius 2 is 1.71 bits per heavy atom. The number of benzene rings is 2. The minimum absolute atomic E-state index is 0.155. The molecule has 0 aromatic heterocycles. The fourth-order valence-corrected chi connectivity index (χ4v) is 2.02. The van der Waals surface area contributed by atoms with Gasteiger partial charge in [0.05, 0.1) is 12.5 Å². The molecule has 2 N–H and O–H groups in total. The average molecular weight is 282 g/mol. The summed E-state index contributed by atoms with van der Waals surface area (Å²) in [6.07, 6.45) is 2.44. The highest BCUT2D eigenvalue weighted by molar-refractivity contribution is 5.81. The Balaban J connectivity index is 1.90. The Morgan fingerprint density at radius 3 is 2.33 bits per heavy atom. The van der Waals surface area contributed by atoms with Crippen molar-refractivity contribution >= 4 is 12.2 Å². The fraction of sp³-hybridized carbons (Fsp3) is 0.176. The maximum atomic E-state index is 11.9. The van der Waals surface area contributed by atoms with Crippen LogP contribution in [0.25, 0.3) is 0 Å². The van der Waals surface area contributed by atoms with Gasteiger partial charge in [-0.1, -0.05) is 42.5 Å². The van der Waals surface area contributed by atoms with Crippen LogP contribution in [0.3, 0.4) is 0 Å². The van der Waals surface area contributed by atoms with Crippen LogP contribution in [0.15, 0.2) is 54.6 Å². The summed E-state index contributed by atoms with van der Waals surface area (Å²) in [6.45, 7) is 0. The molecule has 1 atom stereocenters. The molecular formula is C17H16NO3. The van der Waals surface area contributed by atoms with Crippen molar-refractivity contribution in [3.05, 3.63) is 65.7 Å². The van der Waals surface area contributed by atoms with Gasteiger partial charge in [0.1, 0.15) is 5.75 Å². The Morgan fingerprint density at radius 1 is 1.05 bits per heavy atom. The van der Waals surface area contributed by atoms with E-state index in [1.165, 1.54) is 12.1 Å². The van der Waals surface area contributed by atoms with Crippen molar-refractivity contribution in [2.24, 2.45) is 0 Å². The first-order valence-electron chi connectivity index (χ1n) is 6.66. The molecule has 21 heavy (non-hydrogen) atoms. The molecule has 0 saturated heterocycles. The molecule has 1 amide bonds.